The van der Waals surface area contributed by atoms with E-state index in [-0.39, 0.29) is 5.41 Å². The molecule has 0 rings (SSSR count). The van der Waals surface area contributed by atoms with Crippen LogP contribution < -0.4 is 0 Å². The minimum Gasteiger partial charge on any atom is -0.299 e. The molecule has 0 N–H and O–H groups in total. The Bertz CT molecular complexity index is 168. The maximum Gasteiger partial charge on any atom is 0.139 e. The zero-order chi connectivity index (χ0) is 11.5. The molecule has 0 aliphatic rings. The third-order valence-corrected chi connectivity index (χ3v) is 3.67. The highest BCUT2D eigenvalue weighted by Crippen LogP contribution is 2.44. The van der Waals surface area contributed by atoms with Crippen LogP contribution in [-0.2, 0) is 4.79 Å². The number of Topliss-reactive ketones (excluding diaryl/α,β-unsaturated/α-hetero) is 1. The standard InChI is InChI=1S/C13H26O/c1-8-12(14)13(9(2)3,10(4)5)11(6)7/h9-11H,8H2,1-7H3. The third kappa shape index (κ3) is 2.02. The Hall–Kier alpha value is -0.330. The van der Waals surface area contributed by atoms with Gasteiger partial charge in [0, 0.05) is 11.8 Å². The minimum atomic E-state index is -0.130. The first-order valence-corrected chi connectivity index (χ1v) is 5.84. The molecular weight excluding hydrogens is 172 g/mol. The summed E-state index contributed by atoms with van der Waals surface area (Å²) in [6.07, 6.45) is 0.661. The fraction of sp³-hybridized carbons (Fsp3) is 0.923. The van der Waals surface area contributed by atoms with Crippen LogP contribution in [0.15, 0.2) is 0 Å². The van der Waals surface area contributed by atoms with Crippen molar-refractivity contribution in [1.82, 2.24) is 0 Å². The molecule has 0 unspecified atom stereocenters. The Morgan fingerprint density at radius 1 is 0.929 bits per heavy atom. The van der Waals surface area contributed by atoms with Crippen LogP contribution in [0.5, 0.6) is 0 Å². The van der Waals surface area contributed by atoms with Crippen molar-refractivity contribution in [2.45, 2.75) is 54.9 Å². The van der Waals surface area contributed by atoms with Gasteiger partial charge in [-0.1, -0.05) is 48.5 Å². The maximum absolute atomic E-state index is 12.2. The molecule has 0 saturated heterocycles. The summed E-state index contributed by atoms with van der Waals surface area (Å²) in [5.41, 5.74) is -0.130. The molecule has 0 aromatic carbocycles. The number of hydrogen-bond acceptors (Lipinski definition) is 1. The second-order valence-electron chi connectivity index (χ2n) is 5.17. The summed E-state index contributed by atoms with van der Waals surface area (Å²) in [4.78, 5) is 12.2. The largest absolute Gasteiger partial charge is 0.299 e. The van der Waals surface area contributed by atoms with E-state index in [0.717, 1.165) is 0 Å². The lowest BCUT2D eigenvalue weighted by atomic mass is 9.59. The molecule has 0 bridgehead atoms. The number of hydrogen-bond donors (Lipinski definition) is 0. The van der Waals surface area contributed by atoms with Crippen molar-refractivity contribution in [2.24, 2.45) is 23.2 Å². The first-order chi connectivity index (χ1) is 6.31. The molecule has 0 aromatic rings. The molecule has 14 heavy (non-hydrogen) atoms. The molecule has 0 radical (unpaired) electrons. The van der Waals surface area contributed by atoms with Gasteiger partial charge in [0.05, 0.1) is 0 Å². The smallest absolute Gasteiger partial charge is 0.139 e. The van der Waals surface area contributed by atoms with E-state index in [2.05, 4.69) is 41.5 Å². The van der Waals surface area contributed by atoms with Gasteiger partial charge in [0.1, 0.15) is 5.78 Å². The predicted molar refractivity (Wildman–Crippen MR) is 62.2 cm³/mol. The number of rotatable bonds is 5. The van der Waals surface area contributed by atoms with Crippen LogP contribution in [-0.4, -0.2) is 5.78 Å². The van der Waals surface area contributed by atoms with Crippen LogP contribution in [0, 0.1) is 23.2 Å². The molecule has 0 aliphatic heterocycles. The lowest BCUT2D eigenvalue weighted by Crippen LogP contribution is -2.45. The van der Waals surface area contributed by atoms with E-state index in [1.807, 2.05) is 6.92 Å². The summed E-state index contributed by atoms with van der Waals surface area (Å²) < 4.78 is 0. The highest BCUT2D eigenvalue weighted by atomic mass is 16.1. The van der Waals surface area contributed by atoms with Gasteiger partial charge in [-0.3, -0.25) is 4.79 Å². The highest BCUT2D eigenvalue weighted by molar-refractivity contribution is 5.85. The van der Waals surface area contributed by atoms with Gasteiger partial charge in [0.2, 0.25) is 0 Å². The summed E-state index contributed by atoms with van der Waals surface area (Å²) in [5.74, 6) is 1.71. The second kappa shape index (κ2) is 4.95. The molecule has 0 spiro atoms. The fourth-order valence-corrected chi connectivity index (χ4v) is 3.27. The van der Waals surface area contributed by atoms with Gasteiger partial charge in [-0.05, 0) is 17.8 Å². The highest BCUT2D eigenvalue weighted by Gasteiger charge is 2.45. The van der Waals surface area contributed by atoms with Crippen molar-refractivity contribution in [3.05, 3.63) is 0 Å². The van der Waals surface area contributed by atoms with Gasteiger partial charge in [0.15, 0.2) is 0 Å². The van der Waals surface area contributed by atoms with E-state index in [0.29, 0.717) is 30.0 Å². The molecule has 0 atom stereocenters. The van der Waals surface area contributed by atoms with Crippen molar-refractivity contribution in [1.29, 1.82) is 0 Å². The van der Waals surface area contributed by atoms with E-state index < -0.39 is 0 Å². The monoisotopic (exact) mass is 198 g/mol. The molecule has 0 saturated carbocycles. The van der Waals surface area contributed by atoms with E-state index >= 15 is 0 Å². The van der Waals surface area contributed by atoms with E-state index in [9.17, 15) is 4.79 Å². The summed E-state index contributed by atoms with van der Waals surface area (Å²) in [7, 11) is 0. The SMILES string of the molecule is CCC(=O)C(C(C)C)(C(C)C)C(C)C. The summed E-state index contributed by atoms with van der Waals surface area (Å²) in [6.45, 7) is 15.0. The van der Waals surface area contributed by atoms with Gasteiger partial charge < -0.3 is 0 Å². The van der Waals surface area contributed by atoms with E-state index in [1.54, 1.807) is 0 Å². The van der Waals surface area contributed by atoms with Gasteiger partial charge in [-0.25, -0.2) is 0 Å². The lowest BCUT2D eigenvalue weighted by Gasteiger charge is -2.43. The van der Waals surface area contributed by atoms with Crippen molar-refractivity contribution < 1.29 is 4.79 Å². The van der Waals surface area contributed by atoms with Crippen LogP contribution in [0.25, 0.3) is 0 Å². The van der Waals surface area contributed by atoms with Crippen LogP contribution in [0.1, 0.15) is 54.9 Å². The maximum atomic E-state index is 12.2. The zero-order valence-corrected chi connectivity index (χ0v) is 10.8. The minimum absolute atomic E-state index is 0.130. The van der Waals surface area contributed by atoms with Gasteiger partial charge >= 0.3 is 0 Å². The van der Waals surface area contributed by atoms with Crippen molar-refractivity contribution >= 4 is 5.78 Å². The topological polar surface area (TPSA) is 17.1 Å². The van der Waals surface area contributed by atoms with Crippen LogP contribution in [0.3, 0.4) is 0 Å². The van der Waals surface area contributed by atoms with Gasteiger partial charge in [-0.2, -0.15) is 0 Å². The quantitative estimate of drug-likeness (QED) is 0.654. The molecule has 0 aromatic heterocycles. The molecule has 1 nitrogen and oxygen atoms in total. The second-order valence-corrected chi connectivity index (χ2v) is 5.17. The summed E-state index contributed by atoms with van der Waals surface area (Å²) in [5, 5.41) is 0. The van der Waals surface area contributed by atoms with Gasteiger partial charge in [-0.15, -0.1) is 0 Å². The Balaban J connectivity index is 5.27. The van der Waals surface area contributed by atoms with Gasteiger partial charge in [0.25, 0.3) is 0 Å². The van der Waals surface area contributed by atoms with E-state index in [1.165, 1.54) is 0 Å². The first-order valence-electron chi connectivity index (χ1n) is 5.84. The van der Waals surface area contributed by atoms with E-state index in [4.69, 9.17) is 0 Å². The van der Waals surface area contributed by atoms with Crippen molar-refractivity contribution in [3.63, 3.8) is 0 Å². The molecule has 0 amide bonds. The number of carbonyl (C=O) groups excluding carboxylic acids is 1. The zero-order valence-electron chi connectivity index (χ0n) is 10.8. The number of carbonyl (C=O) groups is 1. The Morgan fingerprint density at radius 2 is 1.21 bits per heavy atom. The third-order valence-electron chi connectivity index (χ3n) is 3.67. The van der Waals surface area contributed by atoms with Crippen LogP contribution >= 0.6 is 0 Å². The molecule has 1 heteroatoms. The van der Waals surface area contributed by atoms with Crippen molar-refractivity contribution in [3.8, 4) is 0 Å². The Labute approximate surface area is 89.3 Å². The Morgan fingerprint density at radius 3 is 1.29 bits per heavy atom. The fourth-order valence-electron chi connectivity index (χ4n) is 3.27. The van der Waals surface area contributed by atoms with Crippen LogP contribution in [0.2, 0.25) is 0 Å². The first kappa shape index (κ1) is 13.7. The molecule has 0 heterocycles. The Kier molecular flexibility index (Phi) is 4.83. The van der Waals surface area contributed by atoms with Crippen molar-refractivity contribution in [2.75, 3.05) is 0 Å². The predicted octanol–water partition coefficient (Wildman–Crippen LogP) is 3.92. The normalized spacial score (nSPS) is 13.0. The van der Waals surface area contributed by atoms with Crippen LogP contribution in [0.4, 0.5) is 0 Å². The summed E-state index contributed by atoms with van der Waals surface area (Å²) in [6, 6.07) is 0. The molecule has 84 valence electrons. The average molecular weight is 198 g/mol. The summed E-state index contributed by atoms with van der Waals surface area (Å²) >= 11 is 0. The average Bonchev–Trinajstić information content (AvgIpc) is 2.02. The number of ketones is 1. The lowest BCUT2D eigenvalue weighted by molar-refractivity contribution is -0.138. The molecule has 0 fully saturated rings. The molecular formula is C13H26O. The molecule has 0 aliphatic carbocycles.